The number of nitro groups is 1. The van der Waals surface area contributed by atoms with E-state index < -0.39 is 16.8 Å². The molecule has 0 spiro atoms. The van der Waals surface area contributed by atoms with Crippen LogP contribution >= 0.6 is 0 Å². The molecule has 1 aliphatic heterocycles. The van der Waals surface area contributed by atoms with Crippen LogP contribution in [0.3, 0.4) is 0 Å². The van der Waals surface area contributed by atoms with Gasteiger partial charge in [0.25, 0.3) is 5.69 Å². The van der Waals surface area contributed by atoms with Crippen LogP contribution in [0.2, 0.25) is 0 Å². The first-order valence-corrected chi connectivity index (χ1v) is 7.57. The fraction of sp³-hybridized carbons (Fsp3) is 0.353. The summed E-state index contributed by atoms with van der Waals surface area (Å²) in [5, 5.41) is 20.5. The third-order valence-corrected chi connectivity index (χ3v) is 4.13. The zero-order valence-electron chi connectivity index (χ0n) is 13.4. The van der Waals surface area contributed by atoms with E-state index in [-0.39, 0.29) is 5.69 Å². The van der Waals surface area contributed by atoms with Crippen molar-refractivity contribution in [2.75, 3.05) is 6.54 Å². The number of allylic oxidation sites excluding steroid dienone is 3. The van der Waals surface area contributed by atoms with Gasteiger partial charge in [-0.1, -0.05) is 25.1 Å². The molecule has 0 bridgehead atoms. The van der Waals surface area contributed by atoms with Crippen molar-refractivity contribution < 1.29 is 14.8 Å². The Labute approximate surface area is 134 Å². The molecule has 1 atom stereocenters. The molecule has 122 valence electrons. The molecule has 0 aliphatic carbocycles. The molecule has 2 rings (SSSR count). The average molecular weight is 316 g/mol. The molecule has 0 amide bonds. The van der Waals surface area contributed by atoms with E-state index in [0.29, 0.717) is 18.5 Å². The van der Waals surface area contributed by atoms with Gasteiger partial charge in [-0.15, -0.1) is 0 Å². The fourth-order valence-corrected chi connectivity index (χ4v) is 3.10. The Bertz CT molecular complexity index is 689. The van der Waals surface area contributed by atoms with E-state index >= 15 is 0 Å². The van der Waals surface area contributed by atoms with E-state index in [4.69, 9.17) is 0 Å². The zero-order chi connectivity index (χ0) is 17.1. The van der Waals surface area contributed by atoms with Crippen molar-refractivity contribution in [1.82, 2.24) is 4.90 Å². The Morgan fingerprint density at radius 3 is 2.35 bits per heavy atom. The van der Waals surface area contributed by atoms with Crippen LogP contribution in [0.15, 0.2) is 47.3 Å². The number of non-ortho nitro benzene ring substituents is 1. The summed E-state index contributed by atoms with van der Waals surface area (Å²) < 4.78 is 0. The first kappa shape index (κ1) is 16.7. The monoisotopic (exact) mass is 316 g/mol. The van der Waals surface area contributed by atoms with E-state index in [0.717, 1.165) is 17.0 Å². The van der Waals surface area contributed by atoms with Crippen LogP contribution in [0.25, 0.3) is 0 Å². The summed E-state index contributed by atoms with van der Waals surface area (Å²) in [7, 11) is 0. The van der Waals surface area contributed by atoms with E-state index in [1.54, 1.807) is 12.1 Å². The van der Waals surface area contributed by atoms with Crippen LogP contribution in [0.5, 0.6) is 0 Å². The average Bonchev–Trinajstić information content (AvgIpc) is 2.53. The van der Waals surface area contributed by atoms with E-state index in [9.17, 15) is 20.0 Å². The maximum atomic E-state index is 11.8. The molecule has 0 fully saturated rings. The lowest BCUT2D eigenvalue weighted by Gasteiger charge is -2.35. The highest BCUT2D eigenvalue weighted by Gasteiger charge is 2.31. The SMILES string of the molecule is CCC1=C(C(=O)O)C(c2ccc([N+](=O)[O-])cc2)C=C(C)N1CC. The van der Waals surface area contributed by atoms with Gasteiger partial charge < -0.3 is 10.0 Å². The van der Waals surface area contributed by atoms with Crippen molar-refractivity contribution in [3.63, 3.8) is 0 Å². The lowest BCUT2D eigenvalue weighted by atomic mass is 9.85. The van der Waals surface area contributed by atoms with Gasteiger partial charge in [0.05, 0.1) is 10.5 Å². The number of nitro benzene ring substituents is 1. The number of carbonyl (C=O) groups is 1. The van der Waals surface area contributed by atoms with Crippen LogP contribution < -0.4 is 0 Å². The fourth-order valence-electron chi connectivity index (χ4n) is 3.10. The van der Waals surface area contributed by atoms with Crippen LogP contribution in [0.1, 0.15) is 38.7 Å². The second kappa shape index (κ2) is 6.64. The molecule has 0 radical (unpaired) electrons. The standard InChI is InChI=1S/C17H20N2O4/c1-4-15-16(17(20)21)14(10-11(3)18(15)5-2)12-6-8-13(9-7-12)19(22)23/h6-10,14H,4-5H2,1-3H3,(H,20,21). The number of aliphatic carboxylic acids is 1. The van der Waals surface area contributed by atoms with Gasteiger partial charge in [-0.05, 0) is 25.8 Å². The third kappa shape index (κ3) is 3.11. The molecule has 0 saturated carbocycles. The van der Waals surface area contributed by atoms with Crippen LogP contribution in [-0.2, 0) is 4.79 Å². The largest absolute Gasteiger partial charge is 0.478 e. The molecule has 1 aromatic carbocycles. The topological polar surface area (TPSA) is 83.7 Å². The quantitative estimate of drug-likeness (QED) is 0.662. The van der Waals surface area contributed by atoms with Crippen molar-refractivity contribution in [3.8, 4) is 0 Å². The highest BCUT2D eigenvalue weighted by Crippen LogP contribution is 2.38. The summed E-state index contributed by atoms with van der Waals surface area (Å²) >= 11 is 0. The molecule has 0 saturated heterocycles. The summed E-state index contributed by atoms with van der Waals surface area (Å²) in [4.78, 5) is 24.1. The van der Waals surface area contributed by atoms with Crippen LogP contribution in [0, 0.1) is 10.1 Å². The molecule has 1 aromatic rings. The molecule has 23 heavy (non-hydrogen) atoms. The number of hydrogen-bond acceptors (Lipinski definition) is 4. The highest BCUT2D eigenvalue weighted by molar-refractivity contribution is 5.90. The minimum absolute atomic E-state index is 0.00276. The van der Waals surface area contributed by atoms with Crippen LogP contribution in [-0.4, -0.2) is 27.4 Å². The summed E-state index contributed by atoms with van der Waals surface area (Å²) in [5.74, 6) is -1.35. The normalized spacial score (nSPS) is 18.0. The number of carboxylic acid groups (broad SMARTS) is 1. The minimum Gasteiger partial charge on any atom is -0.478 e. The smallest absolute Gasteiger partial charge is 0.334 e. The lowest BCUT2D eigenvalue weighted by molar-refractivity contribution is -0.384. The van der Waals surface area contributed by atoms with E-state index in [2.05, 4.69) is 0 Å². The minimum atomic E-state index is -0.951. The molecule has 1 heterocycles. The molecule has 6 heteroatoms. The Kier molecular flexibility index (Phi) is 4.83. The van der Waals surface area contributed by atoms with E-state index in [1.807, 2.05) is 31.7 Å². The van der Waals surface area contributed by atoms with Gasteiger partial charge in [-0.25, -0.2) is 4.79 Å². The second-order valence-corrected chi connectivity index (χ2v) is 5.40. The Balaban J connectivity index is 2.54. The molecular weight excluding hydrogens is 296 g/mol. The highest BCUT2D eigenvalue weighted by atomic mass is 16.6. The number of nitrogens with zero attached hydrogens (tertiary/aromatic N) is 2. The molecule has 1 unspecified atom stereocenters. The summed E-state index contributed by atoms with van der Waals surface area (Å²) in [6.45, 7) is 6.58. The first-order valence-electron chi connectivity index (χ1n) is 7.57. The van der Waals surface area contributed by atoms with Gasteiger partial charge in [0.1, 0.15) is 0 Å². The van der Waals surface area contributed by atoms with E-state index in [1.165, 1.54) is 12.1 Å². The summed E-state index contributed by atoms with van der Waals surface area (Å²) in [6.07, 6.45) is 2.53. The predicted octanol–water partition coefficient (Wildman–Crippen LogP) is 3.67. The Hall–Kier alpha value is -2.63. The molecule has 1 N–H and O–H groups in total. The van der Waals surface area contributed by atoms with Gasteiger partial charge >= 0.3 is 5.97 Å². The van der Waals surface area contributed by atoms with Crippen molar-refractivity contribution in [3.05, 3.63) is 63.0 Å². The maximum Gasteiger partial charge on any atom is 0.334 e. The Morgan fingerprint density at radius 1 is 1.30 bits per heavy atom. The number of benzene rings is 1. The Morgan fingerprint density at radius 2 is 1.91 bits per heavy atom. The van der Waals surface area contributed by atoms with Gasteiger partial charge in [-0.2, -0.15) is 0 Å². The number of rotatable bonds is 5. The number of carboxylic acids is 1. The predicted molar refractivity (Wildman–Crippen MR) is 86.9 cm³/mol. The summed E-state index contributed by atoms with van der Waals surface area (Å²) in [6, 6.07) is 6.08. The molecule has 1 aliphatic rings. The van der Waals surface area contributed by atoms with Crippen LogP contribution in [0.4, 0.5) is 5.69 Å². The lowest BCUT2D eigenvalue weighted by Crippen LogP contribution is -2.30. The van der Waals surface area contributed by atoms with Crippen molar-refractivity contribution in [2.24, 2.45) is 0 Å². The van der Waals surface area contributed by atoms with Crippen molar-refractivity contribution in [1.29, 1.82) is 0 Å². The molecule has 6 nitrogen and oxygen atoms in total. The maximum absolute atomic E-state index is 11.8. The van der Waals surface area contributed by atoms with Gasteiger partial charge in [0.2, 0.25) is 0 Å². The third-order valence-electron chi connectivity index (χ3n) is 4.13. The van der Waals surface area contributed by atoms with Crippen molar-refractivity contribution in [2.45, 2.75) is 33.1 Å². The zero-order valence-corrected chi connectivity index (χ0v) is 13.4. The van der Waals surface area contributed by atoms with Gasteiger partial charge in [0, 0.05) is 36.0 Å². The first-order chi connectivity index (χ1) is 10.9. The number of hydrogen-bond donors (Lipinski definition) is 1. The van der Waals surface area contributed by atoms with Crippen molar-refractivity contribution >= 4 is 11.7 Å². The second-order valence-electron chi connectivity index (χ2n) is 5.40. The van der Waals surface area contributed by atoms with Gasteiger partial charge in [-0.3, -0.25) is 10.1 Å². The molecule has 0 aromatic heterocycles. The van der Waals surface area contributed by atoms with Gasteiger partial charge in [0.15, 0.2) is 0 Å². The molecular formula is C17H20N2O4. The summed E-state index contributed by atoms with van der Waals surface area (Å²) in [5.41, 5.74) is 2.88.